The van der Waals surface area contributed by atoms with Gasteiger partial charge in [-0.1, -0.05) is 5.16 Å². The van der Waals surface area contributed by atoms with Gasteiger partial charge in [0.15, 0.2) is 5.82 Å². The third-order valence-electron chi connectivity index (χ3n) is 3.02. The Morgan fingerprint density at radius 3 is 2.41 bits per heavy atom. The molecule has 0 saturated heterocycles. The fourth-order valence-corrected chi connectivity index (χ4v) is 1.77. The highest BCUT2D eigenvalue weighted by Gasteiger charge is 2.21. The molecule has 1 unspecified atom stereocenters. The van der Waals surface area contributed by atoms with Gasteiger partial charge < -0.3 is 14.7 Å². The monoisotopic (exact) mass is 310 g/mol. The van der Waals surface area contributed by atoms with Gasteiger partial charge in [0.05, 0.1) is 6.04 Å². The van der Waals surface area contributed by atoms with Crippen LogP contribution in [0.4, 0.5) is 14.5 Å². The Bertz CT molecular complexity index is 641. The van der Waals surface area contributed by atoms with Crippen molar-refractivity contribution in [2.24, 2.45) is 0 Å². The van der Waals surface area contributed by atoms with Crippen LogP contribution in [0.2, 0.25) is 0 Å². The molecule has 1 heterocycles. The number of halogens is 2. The second-order valence-electron chi connectivity index (χ2n) is 4.93. The summed E-state index contributed by atoms with van der Waals surface area (Å²) in [4.78, 5) is 17.5. The molecule has 8 heteroatoms. The molecule has 2 rings (SSSR count). The van der Waals surface area contributed by atoms with Crippen LogP contribution in [0.3, 0.4) is 0 Å². The van der Waals surface area contributed by atoms with E-state index >= 15 is 0 Å². The second kappa shape index (κ2) is 6.50. The van der Waals surface area contributed by atoms with Crippen molar-refractivity contribution in [3.8, 4) is 0 Å². The Kier molecular flexibility index (Phi) is 4.69. The molecule has 22 heavy (non-hydrogen) atoms. The van der Waals surface area contributed by atoms with E-state index in [1.54, 1.807) is 19.1 Å². The molecule has 1 N–H and O–H groups in total. The van der Waals surface area contributed by atoms with Gasteiger partial charge >= 0.3 is 6.43 Å². The minimum absolute atomic E-state index is 0.00793. The second-order valence-corrected chi connectivity index (χ2v) is 4.93. The van der Waals surface area contributed by atoms with Gasteiger partial charge in [0, 0.05) is 25.3 Å². The Morgan fingerprint density at radius 2 is 1.91 bits per heavy atom. The van der Waals surface area contributed by atoms with E-state index in [2.05, 4.69) is 20.0 Å². The largest absolute Gasteiger partial charge is 0.378 e. The molecule has 0 bridgehead atoms. The minimum Gasteiger partial charge on any atom is -0.378 e. The van der Waals surface area contributed by atoms with Gasteiger partial charge in [-0.3, -0.25) is 4.79 Å². The molecule has 118 valence electrons. The van der Waals surface area contributed by atoms with Crippen LogP contribution in [0.15, 0.2) is 28.8 Å². The molecule has 1 aromatic heterocycles. The standard InChI is InChI=1S/C14H16F2N4O2/c1-8(12-18-14(11(15)16)22-19-12)17-13(21)9-4-6-10(7-5-9)20(2)3/h4-8,11H,1-3H3,(H,17,21). The third-order valence-corrected chi connectivity index (χ3v) is 3.02. The molecule has 0 aliphatic carbocycles. The summed E-state index contributed by atoms with van der Waals surface area (Å²) >= 11 is 0. The van der Waals surface area contributed by atoms with E-state index in [-0.39, 0.29) is 11.7 Å². The molecule has 1 atom stereocenters. The van der Waals surface area contributed by atoms with Crippen LogP contribution in [0.25, 0.3) is 0 Å². The number of carbonyl (C=O) groups is 1. The van der Waals surface area contributed by atoms with E-state index in [1.165, 1.54) is 0 Å². The van der Waals surface area contributed by atoms with Gasteiger partial charge in [0.2, 0.25) is 0 Å². The number of nitrogens with zero attached hydrogens (tertiary/aromatic N) is 3. The highest BCUT2D eigenvalue weighted by Crippen LogP contribution is 2.19. The number of benzene rings is 1. The minimum atomic E-state index is -2.83. The zero-order valence-corrected chi connectivity index (χ0v) is 12.4. The number of hydrogen-bond acceptors (Lipinski definition) is 5. The molecule has 6 nitrogen and oxygen atoms in total. The number of nitrogens with one attached hydrogen (secondary N) is 1. The Hall–Kier alpha value is -2.51. The Labute approximate surface area is 126 Å². The van der Waals surface area contributed by atoms with Crippen LogP contribution in [-0.2, 0) is 0 Å². The Morgan fingerprint density at radius 1 is 1.27 bits per heavy atom. The van der Waals surface area contributed by atoms with Crippen LogP contribution >= 0.6 is 0 Å². The van der Waals surface area contributed by atoms with E-state index < -0.39 is 18.4 Å². The first-order valence-corrected chi connectivity index (χ1v) is 6.58. The number of carbonyl (C=O) groups excluding carboxylic acids is 1. The van der Waals surface area contributed by atoms with E-state index in [4.69, 9.17) is 0 Å². The topological polar surface area (TPSA) is 71.3 Å². The van der Waals surface area contributed by atoms with Crippen molar-refractivity contribution in [1.29, 1.82) is 0 Å². The number of anilines is 1. The number of alkyl halides is 2. The molecule has 1 amide bonds. The highest BCUT2D eigenvalue weighted by atomic mass is 19.3. The van der Waals surface area contributed by atoms with Crippen LogP contribution < -0.4 is 10.2 Å². The fraction of sp³-hybridized carbons (Fsp3) is 0.357. The van der Waals surface area contributed by atoms with Gasteiger partial charge in [-0.25, -0.2) is 0 Å². The molecular formula is C14H16F2N4O2. The van der Waals surface area contributed by atoms with Crippen LogP contribution in [0.5, 0.6) is 0 Å². The van der Waals surface area contributed by atoms with Crippen molar-refractivity contribution in [3.63, 3.8) is 0 Å². The molecule has 0 spiro atoms. The predicted molar refractivity (Wildman–Crippen MR) is 75.9 cm³/mol. The van der Waals surface area contributed by atoms with Gasteiger partial charge in [-0.2, -0.15) is 13.8 Å². The van der Waals surface area contributed by atoms with E-state index in [1.807, 2.05) is 31.1 Å². The van der Waals surface area contributed by atoms with Gasteiger partial charge in [-0.05, 0) is 31.2 Å². The molecule has 0 radical (unpaired) electrons. The van der Waals surface area contributed by atoms with E-state index in [0.717, 1.165) is 5.69 Å². The third kappa shape index (κ3) is 3.57. The van der Waals surface area contributed by atoms with Gasteiger partial charge in [-0.15, -0.1) is 0 Å². The Balaban J connectivity index is 2.03. The average molecular weight is 310 g/mol. The maximum absolute atomic E-state index is 12.4. The zero-order valence-electron chi connectivity index (χ0n) is 12.4. The van der Waals surface area contributed by atoms with Crippen molar-refractivity contribution >= 4 is 11.6 Å². The quantitative estimate of drug-likeness (QED) is 0.919. The van der Waals surface area contributed by atoms with Crippen LogP contribution in [0.1, 0.15) is 41.5 Å². The molecule has 0 aliphatic rings. The van der Waals surface area contributed by atoms with E-state index in [0.29, 0.717) is 5.56 Å². The van der Waals surface area contributed by atoms with Crippen LogP contribution in [0, 0.1) is 0 Å². The summed E-state index contributed by atoms with van der Waals surface area (Å²) < 4.78 is 29.2. The lowest BCUT2D eigenvalue weighted by atomic mass is 10.1. The SMILES string of the molecule is CC(NC(=O)c1ccc(N(C)C)cc1)c1noc(C(F)F)n1. The maximum atomic E-state index is 12.4. The smallest absolute Gasteiger partial charge is 0.315 e. The summed E-state index contributed by atoms with van der Waals surface area (Å²) in [5.41, 5.74) is 1.42. The summed E-state index contributed by atoms with van der Waals surface area (Å²) in [6.45, 7) is 1.59. The van der Waals surface area contributed by atoms with Crippen molar-refractivity contribution in [2.45, 2.75) is 19.4 Å². The van der Waals surface area contributed by atoms with E-state index in [9.17, 15) is 13.6 Å². The van der Waals surface area contributed by atoms with Gasteiger partial charge in [0.25, 0.3) is 11.8 Å². The normalized spacial score (nSPS) is 12.3. The summed E-state index contributed by atoms with van der Waals surface area (Å²) in [5.74, 6) is -1.10. The first-order valence-electron chi connectivity index (χ1n) is 6.58. The summed E-state index contributed by atoms with van der Waals surface area (Å²) in [6.07, 6.45) is -2.83. The van der Waals surface area contributed by atoms with Crippen molar-refractivity contribution in [3.05, 3.63) is 41.5 Å². The lowest BCUT2D eigenvalue weighted by molar-refractivity contribution is 0.0937. The highest BCUT2D eigenvalue weighted by molar-refractivity contribution is 5.94. The molecule has 1 aromatic carbocycles. The van der Waals surface area contributed by atoms with Crippen molar-refractivity contribution in [1.82, 2.24) is 15.5 Å². The molecule has 2 aromatic rings. The summed E-state index contributed by atoms with van der Waals surface area (Å²) in [5, 5.41) is 6.06. The van der Waals surface area contributed by atoms with Crippen molar-refractivity contribution in [2.75, 3.05) is 19.0 Å². The van der Waals surface area contributed by atoms with Gasteiger partial charge in [0.1, 0.15) is 0 Å². The molecule has 0 saturated carbocycles. The number of aromatic nitrogens is 2. The number of rotatable bonds is 5. The first-order chi connectivity index (χ1) is 10.4. The lowest BCUT2D eigenvalue weighted by Crippen LogP contribution is -2.27. The van der Waals surface area contributed by atoms with Crippen LogP contribution in [-0.4, -0.2) is 30.1 Å². The number of amides is 1. The summed E-state index contributed by atoms with van der Waals surface area (Å²) in [6, 6.07) is 6.33. The first kappa shape index (κ1) is 15.9. The predicted octanol–water partition coefficient (Wildman–Crippen LogP) is 2.56. The lowest BCUT2D eigenvalue weighted by Gasteiger charge is -2.13. The number of hydrogen-bond donors (Lipinski definition) is 1. The fourth-order valence-electron chi connectivity index (χ4n) is 1.77. The molecular weight excluding hydrogens is 294 g/mol. The summed E-state index contributed by atoms with van der Waals surface area (Å²) in [7, 11) is 3.79. The van der Waals surface area contributed by atoms with Crippen molar-refractivity contribution < 1.29 is 18.1 Å². The molecule has 0 fully saturated rings. The maximum Gasteiger partial charge on any atom is 0.315 e. The average Bonchev–Trinajstić information content (AvgIpc) is 2.97. The zero-order chi connectivity index (χ0) is 16.3. The molecule has 0 aliphatic heterocycles.